The van der Waals surface area contributed by atoms with Crippen LogP contribution in [0.1, 0.15) is 67.2 Å². The van der Waals surface area contributed by atoms with Gasteiger partial charge < -0.3 is 19.8 Å². The molecule has 2 rings (SSSR count). The normalized spacial score (nSPS) is 35.5. The van der Waals surface area contributed by atoms with Gasteiger partial charge in [-0.15, -0.1) is 0 Å². The number of likely N-dealkylation sites (tertiary alicyclic amines) is 1. The molecule has 2 fully saturated rings. The molecular formula is C19H33NO5. The van der Waals surface area contributed by atoms with Crippen molar-refractivity contribution in [1.82, 2.24) is 4.90 Å². The Morgan fingerprint density at radius 1 is 1.20 bits per heavy atom. The van der Waals surface area contributed by atoms with Crippen LogP contribution in [0.3, 0.4) is 0 Å². The molecule has 144 valence electrons. The van der Waals surface area contributed by atoms with E-state index >= 15 is 0 Å². The highest BCUT2D eigenvalue weighted by atomic mass is 16.6. The zero-order valence-electron chi connectivity index (χ0n) is 16.4. The van der Waals surface area contributed by atoms with Gasteiger partial charge in [-0.3, -0.25) is 4.79 Å². The largest absolute Gasteiger partial charge is 0.481 e. The van der Waals surface area contributed by atoms with Gasteiger partial charge >= 0.3 is 12.1 Å². The molecule has 2 aliphatic rings. The maximum Gasteiger partial charge on any atom is 0.410 e. The Bertz CT molecular complexity index is 553. The number of carboxylic acid groups (broad SMARTS) is 1. The van der Waals surface area contributed by atoms with Crippen LogP contribution in [0.15, 0.2) is 0 Å². The molecule has 3 atom stereocenters. The molecule has 0 aromatic carbocycles. The van der Waals surface area contributed by atoms with E-state index in [1.54, 1.807) is 20.8 Å². The molecule has 6 heteroatoms. The molecule has 2 N–H and O–H groups in total. The van der Waals surface area contributed by atoms with Gasteiger partial charge in [-0.25, -0.2) is 4.79 Å². The average molecular weight is 355 g/mol. The lowest BCUT2D eigenvalue weighted by molar-refractivity contribution is -0.183. The fraction of sp³-hybridized carbons (Fsp3) is 0.895. The van der Waals surface area contributed by atoms with Crippen LogP contribution in [0.4, 0.5) is 4.79 Å². The summed E-state index contributed by atoms with van der Waals surface area (Å²) in [6.07, 6.45) is 1.58. The maximum atomic E-state index is 12.4. The molecule has 6 nitrogen and oxygen atoms in total. The van der Waals surface area contributed by atoms with E-state index in [1.807, 2.05) is 0 Å². The number of carbonyl (C=O) groups is 2. The van der Waals surface area contributed by atoms with Crippen molar-refractivity contribution in [3.63, 3.8) is 0 Å². The number of ether oxygens (including phenoxy) is 1. The third-order valence-electron chi connectivity index (χ3n) is 5.58. The second-order valence-corrected chi connectivity index (χ2v) is 9.93. The Morgan fingerprint density at radius 2 is 1.80 bits per heavy atom. The van der Waals surface area contributed by atoms with Crippen molar-refractivity contribution in [1.29, 1.82) is 0 Å². The monoisotopic (exact) mass is 355 g/mol. The highest BCUT2D eigenvalue weighted by molar-refractivity contribution is 5.79. The lowest BCUT2D eigenvalue weighted by Crippen LogP contribution is -2.59. The number of rotatable bonds is 2. The lowest BCUT2D eigenvalue weighted by Gasteiger charge is -2.51. The molecule has 1 saturated carbocycles. The van der Waals surface area contributed by atoms with E-state index < -0.39 is 28.7 Å². The Labute approximate surface area is 150 Å². The summed E-state index contributed by atoms with van der Waals surface area (Å²) in [5, 5.41) is 21.5. The van der Waals surface area contributed by atoms with Crippen molar-refractivity contribution in [3.8, 4) is 0 Å². The number of aliphatic hydroxyl groups is 1. The summed E-state index contributed by atoms with van der Waals surface area (Å²) >= 11 is 0. The van der Waals surface area contributed by atoms with Gasteiger partial charge in [-0.1, -0.05) is 20.8 Å². The third-order valence-corrected chi connectivity index (χ3v) is 5.58. The molecule has 1 amide bonds. The quantitative estimate of drug-likeness (QED) is 0.794. The van der Waals surface area contributed by atoms with E-state index in [2.05, 4.69) is 20.8 Å². The number of carboxylic acids is 1. The maximum absolute atomic E-state index is 12.4. The first-order chi connectivity index (χ1) is 11.2. The minimum absolute atomic E-state index is 0.00343. The summed E-state index contributed by atoms with van der Waals surface area (Å²) < 4.78 is 5.39. The van der Waals surface area contributed by atoms with E-state index in [-0.39, 0.29) is 24.3 Å². The highest BCUT2D eigenvalue weighted by Crippen LogP contribution is 2.54. The first-order valence-electron chi connectivity index (χ1n) is 9.13. The Hall–Kier alpha value is -1.30. The number of hydrogen-bond donors (Lipinski definition) is 2. The summed E-state index contributed by atoms with van der Waals surface area (Å²) in [6.45, 7) is 11.8. The van der Waals surface area contributed by atoms with Crippen LogP contribution >= 0.6 is 0 Å². The van der Waals surface area contributed by atoms with E-state index in [0.29, 0.717) is 19.4 Å². The molecule has 1 saturated heterocycles. The van der Waals surface area contributed by atoms with Crippen molar-refractivity contribution >= 4 is 12.1 Å². The Morgan fingerprint density at radius 3 is 2.28 bits per heavy atom. The fourth-order valence-corrected chi connectivity index (χ4v) is 4.94. The number of nitrogens with zero attached hydrogens (tertiary/aromatic N) is 1. The summed E-state index contributed by atoms with van der Waals surface area (Å²) in [5.74, 6) is -0.786. The van der Waals surface area contributed by atoms with Crippen molar-refractivity contribution in [2.75, 3.05) is 13.1 Å². The standard InChI is InChI=1S/C19H33NO5/c1-13-9-17(5,6)11-19(24,10-13)18(14(21)22)7-8-20(12-18)15(23)25-16(2,3)4/h13,24H,7-12H2,1-6H3,(H,21,22). The molecule has 3 unspecified atom stereocenters. The van der Waals surface area contributed by atoms with Crippen LogP contribution in [-0.2, 0) is 9.53 Å². The first-order valence-corrected chi connectivity index (χ1v) is 9.13. The summed E-state index contributed by atoms with van der Waals surface area (Å²) in [4.78, 5) is 26.1. The fourth-order valence-electron chi connectivity index (χ4n) is 4.94. The third kappa shape index (κ3) is 3.94. The minimum Gasteiger partial charge on any atom is -0.481 e. The SMILES string of the molecule is CC1CC(C)(C)CC(O)(C2(C(=O)O)CCN(C(=O)OC(C)(C)C)C2)C1. The number of carbonyl (C=O) groups excluding carboxylic acids is 1. The second kappa shape index (κ2) is 6.15. The predicted molar refractivity (Wildman–Crippen MR) is 94.2 cm³/mol. The van der Waals surface area contributed by atoms with Crippen molar-refractivity contribution in [3.05, 3.63) is 0 Å². The van der Waals surface area contributed by atoms with Crippen LogP contribution in [-0.4, -0.2) is 51.5 Å². The summed E-state index contributed by atoms with van der Waals surface area (Å²) in [7, 11) is 0. The molecule has 0 aromatic rings. The van der Waals surface area contributed by atoms with E-state index in [1.165, 1.54) is 4.90 Å². The minimum atomic E-state index is -1.34. The summed E-state index contributed by atoms with van der Waals surface area (Å²) in [6, 6.07) is 0. The average Bonchev–Trinajstić information content (AvgIpc) is 2.80. The van der Waals surface area contributed by atoms with Crippen LogP contribution in [0.5, 0.6) is 0 Å². The smallest absolute Gasteiger partial charge is 0.410 e. The number of hydrogen-bond acceptors (Lipinski definition) is 4. The van der Waals surface area contributed by atoms with E-state index in [4.69, 9.17) is 4.74 Å². The zero-order chi connectivity index (χ0) is 19.3. The van der Waals surface area contributed by atoms with Gasteiger partial charge in [0.2, 0.25) is 0 Å². The second-order valence-electron chi connectivity index (χ2n) is 9.93. The first kappa shape index (κ1) is 20.0. The molecule has 0 spiro atoms. The number of aliphatic carboxylic acids is 1. The highest BCUT2D eigenvalue weighted by Gasteiger charge is 2.62. The van der Waals surface area contributed by atoms with Crippen LogP contribution < -0.4 is 0 Å². The molecule has 1 aliphatic carbocycles. The topological polar surface area (TPSA) is 87.1 Å². The van der Waals surface area contributed by atoms with Gasteiger partial charge in [0, 0.05) is 13.1 Å². The predicted octanol–water partition coefficient (Wildman–Crippen LogP) is 3.28. The van der Waals surface area contributed by atoms with Crippen molar-refractivity contribution in [2.45, 2.75) is 78.4 Å². The molecule has 25 heavy (non-hydrogen) atoms. The van der Waals surface area contributed by atoms with Gasteiger partial charge in [0.25, 0.3) is 0 Å². The molecule has 1 aliphatic heterocycles. The van der Waals surface area contributed by atoms with Gasteiger partial charge in [0.15, 0.2) is 0 Å². The molecule has 1 heterocycles. The van der Waals surface area contributed by atoms with Gasteiger partial charge in [0.1, 0.15) is 11.0 Å². The molecule has 0 radical (unpaired) electrons. The molecule has 0 bridgehead atoms. The van der Waals surface area contributed by atoms with Gasteiger partial charge in [-0.2, -0.15) is 0 Å². The van der Waals surface area contributed by atoms with E-state index in [0.717, 1.165) is 6.42 Å². The zero-order valence-corrected chi connectivity index (χ0v) is 16.4. The lowest BCUT2D eigenvalue weighted by atomic mass is 9.56. The number of amides is 1. The van der Waals surface area contributed by atoms with Crippen molar-refractivity contribution < 1.29 is 24.5 Å². The van der Waals surface area contributed by atoms with Gasteiger partial charge in [-0.05, 0) is 57.8 Å². The van der Waals surface area contributed by atoms with Crippen LogP contribution in [0.2, 0.25) is 0 Å². The van der Waals surface area contributed by atoms with Crippen LogP contribution in [0, 0.1) is 16.7 Å². The molecular weight excluding hydrogens is 322 g/mol. The van der Waals surface area contributed by atoms with E-state index in [9.17, 15) is 19.8 Å². The van der Waals surface area contributed by atoms with Gasteiger partial charge in [0.05, 0.1) is 5.60 Å². The summed E-state index contributed by atoms with van der Waals surface area (Å²) in [5.41, 5.74) is -3.43. The van der Waals surface area contributed by atoms with Crippen LogP contribution in [0.25, 0.3) is 0 Å². The Kier molecular flexibility index (Phi) is 4.92. The molecule has 0 aromatic heterocycles. The van der Waals surface area contributed by atoms with Crippen molar-refractivity contribution in [2.24, 2.45) is 16.7 Å². The Balaban J connectivity index is 2.29.